The quantitative estimate of drug-likeness (QED) is 0.539. The Labute approximate surface area is 212 Å². The molecule has 196 valence electrons. The standard InChI is InChI=1S/C24H26N4O2.C2HF3O2/c29-22(12-11-20-7-3-1-4-8-20)25-15-18-27-16-13-24(14-17-27)23(30)26-19-28(24)21-9-5-2-6-10-21;3-2(4,5)1(6)7/h1-10H,13-19H2,(H,25,29)(H,26,30);(H,6,7). The number of likely N-dealkylation sites (tertiary alicyclic amines) is 1. The summed E-state index contributed by atoms with van der Waals surface area (Å²) in [6.45, 7) is 3.50. The molecule has 8 nitrogen and oxygen atoms in total. The lowest BCUT2D eigenvalue weighted by Gasteiger charge is -2.43. The third kappa shape index (κ3) is 7.47. The molecule has 0 atom stereocenters. The summed E-state index contributed by atoms with van der Waals surface area (Å²) in [5, 5.41) is 13.0. The second kappa shape index (κ2) is 12.3. The monoisotopic (exact) mass is 516 g/mol. The molecule has 2 aromatic carbocycles. The topological polar surface area (TPSA) is 102 Å². The number of anilines is 1. The number of aliphatic carboxylic acids is 1. The van der Waals surface area contributed by atoms with Gasteiger partial charge in [-0.25, -0.2) is 4.79 Å². The summed E-state index contributed by atoms with van der Waals surface area (Å²) in [6.07, 6.45) is -3.54. The number of carboxylic acid groups (broad SMARTS) is 1. The Morgan fingerprint density at radius 1 is 1.03 bits per heavy atom. The third-order valence-corrected chi connectivity index (χ3v) is 6.14. The number of carbonyl (C=O) groups is 3. The highest BCUT2D eigenvalue weighted by atomic mass is 19.4. The molecule has 0 saturated carbocycles. The van der Waals surface area contributed by atoms with Crippen molar-refractivity contribution < 1.29 is 32.7 Å². The molecule has 2 aliphatic rings. The number of rotatable bonds is 4. The first-order valence-corrected chi connectivity index (χ1v) is 11.6. The summed E-state index contributed by atoms with van der Waals surface area (Å²) >= 11 is 0. The van der Waals surface area contributed by atoms with Crippen molar-refractivity contribution >= 4 is 23.5 Å². The van der Waals surface area contributed by atoms with Gasteiger partial charge in [-0.05, 0) is 37.1 Å². The highest BCUT2D eigenvalue weighted by Gasteiger charge is 2.50. The highest BCUT2D eigenvalue weighted by molar-refractivity contribution is 5.94. The number of nitrogens with zero attached hydrogens (tertiary/aromatic N) is 2. The molecule has 0 bridgehead atoms. The van der Waals surface area contributed by atoms with Gasteiger partial charge in [0.2, 0.25) is 5.91 Å². The van der Waals surface area contributed by atoms with Crippen LogP contribution in [-0.4, -0.2) is 72.4 Å². The van der Waals surface area contributed by atoms with E-state index in [1.54, 1.807) is 0 Å². The molecule has 0 unspecified atom stereocenters. The van der Waals surface area contributed by atoms with Crippen LogP contribution in [0.25, 0.3) is 0 Å². The first kappa shape index (κ1) is 27.5. The Morgan fingerprint density at radius 3 is 2.16 bits per heavy atom. The molecule has 0 aliphatic carbocycles. The zero-order valence-corrected chi connectivity index (χ0v) is 19.9. The van der Waals surface area contributed by atoms with Crippen LogP contribution in [0.3, 0.4) is 0 Å². The van der Waals surface area contributed by atoms with Crippen molar-refractivity contribution in [3.05, 3.63) is 66.2 Å². The van der Waals surface area contributed by atoms with E-state index in [4.69, 9.17) is 9.90 Å². The Kier molecular flexibility index (Phi) is 9.14. The second-order valence-corrected chi connectivity index (χ2v) is 8.48. The number of benzene rings is 2. The van der Waals surface area contributed by atoms with Crippen LogP contribution < -0.4 is 15.5 Å². The summed E-state index contributed by atoms with van der Waals surface area (Å²) in [6, 6.07) is 19.6. The fourth-order valence-electron chi connectivity index (χ4n) is 4.20. The maximum atomic E-state index is 12.7. The van der Waals surface area contributed by atoms with Crippen molar-refractivity contribution in [2.24, 2.45) is 0 Å². The summed E-state index contributed by atoms with van der Waals surface area (Å²) in [4.78, 5) is 38.0. The maximum Gasteiger partial charge on any atom is 0.490 e. The molecule has 2 fully saturated rings. The third-order valence-electron chi connectivity index (χ3n) is 6.14. The molecular weight excluding hydrogens is 489 g/mol. The minimum absolute atomic E-state index is 0.121. The summed E-state index contributed by atoms with van der Waals surface area (Å²) in [7, 11) is 0. The van der Waals surface area contributed by atoms with E-state index in [2.05, 4.69) is 44.4 Å². The van der Waals surface area contributed by atoms with Crippen LogP contribution in [0.5, 0.6) is 0 Å². The lowest BCUT2D eigenvalue weighted by molar-refractivity contribution is -0.192. The summed E-state index contributed by atoms with van der Waals surface area (Å²) < 4.78 is 31.7. The molecule has 2 aliphatic heterocycles. The van der Waals surface area contributed by atoms with Gasteiger partial charge in [-0.3, -0.25) is 9.59 Å². The Balaban J connectivity index is 0.000000479. The molecule has 2 aromatic rings. The molecule has 0 radical (unpaired) electrons. The van der Waals surface area contributed by atoms with Crippen molar-refractivity contribution in [3.63, 3.8) is 0 Å². The number of amides is 2. The lowest BCUT2D eigenvalue weighted by atomic mass is 9.85. The second-order valence-electron chi connectivity index (χ2n) is 8.48. The molecule has 0 aromatic heterocycles. The molecule has 37 heavy (non-hydrogen) atoms. The maximum absolute atomic E-state index is 12.7. The van der Waals surface area contributed by atoms with Gasteiger partial charge >= 0.3 is 12.1 Å². The number of nitrogens with one attached hydrogen (secondary N) is 2. The van der Waals surface area contributed by atoms with Crippen LogP contribution in [-0.2, 0) is 14.4 Å². The van der Waals surface area contributed by atoms with E-state index in [-0.39, 0.29) is 11.8 Å². The van der Waals surface area contributed by atoms with Crippen LogP contribution in [0.15, 0.2) is 60.7 Å². The Morgan fingerprint density at radius 2 is 1.59 bits per heavy atom. The molecule has 2 amide bonds. The van der Waals surface area contributed by atoms with Crippen molar-refractivity contribution in [2.75, 3.05) is 37.7 Å². The lowest BCUT2D eigenvalue weighted by Crippen LogP contribution is -2.57. The Bertz CT molecular complexity index is 1140. The van der Waals surface area contributed by atoms with E-state index in [0.29, 0.717) is 13.2 Å². The predicted molar refractivity (Wildman–Crippen MR) is 130 cm³/mol. The van der Waals surface area contributed by atoms with Gasteiger partial charge in [0.1, 0.15) is 5.54 Å². The fraction of sp³-hybridized carbons (Fsp3) is 0.346. The van der Waals surface area contributed by atoms with Gasteiger partial charge in [0, 0.05) is 43.4 Å². The van der Waals surface area contributed by atoms with Gasteiger partial charge in [-0.1, -0.05) is 42.3 Å². The summed E-state index contributed by atoms with van der Waals surface area (Å²) in [5.74, 6) is 2.59. The van der Waals surface area contributed by atoms with Gasteiger partial charge < -0.3 is 25.5 Å². The van der Waals surface area contributed by atoms with Crippen molar-refractivity contribution in [1.29, 1.82) is 0 Å². The largest absolute Gasteiger partial charge is 0.490 e. The van der Waals surface area contributed by atoms with Crippen molar-refractivity contribution in [2.45, 2.75) is 24.6 Å². The number of carbonyl (C=O) groups excluding carboxylic acids is 2. The van der Waals surface area contributed by atoms with E-state index in [0.717, 1.165) is 43.7 Å². The molecule has 2 heterocycles. The molecule has 1 spiro atoms. The SMILES string of the molecule is O=C(C#Cc1ccccc1)NCCN1CCC2(CC1)C(=O)NCN2c1ccccc1.O=C(O)C(F)(F)F. The molecule has 4 rings (SSSR count). The van der Waals surface area contributed by atoms with Crippen LogP contribution in [0, 0.1) is 11.8 Å². The van der Waals surface area contributed by atoms with E-state index in [1.165, 1.54) is 0 Å². The number of para-hydroxylation sites is 1. The smallest absolute Gasteiger partial charge is 0.475 e. The Hall–Kier alpha value is -4.04. The first-order chi connectivity index (χ1) is 17.6. The van der Waals surface area contributed by atoms with Gasteiger partial charge in [-0.2, -0.15) is 13.2 Å². The summed E-state index contributed by atoms with van der Waals surface area (Å²) in [5.41, 5.74) is 1.43. The van der Waals surface area contributed by atoms with Crippen LogP contribution in [0.1, 0.15) is 18.4 Å². The van der Waals surface area contributed by atoms with Crippen LogP contribution >= 0.6 is 0 Å². The molecule has 2 saturated heterocycles. The van der Waals surface area contributed by atoms with Crippen molar-refractivity contribution in [1.82, 2.24) is 15.5 Å². The number of carboxylic acids is 1. The minimum atomic E-state index is -5.08. The normalized spacial score (nSPS) is 16.6. The zero-order valence-electron chi connectivity index (χ0n) is 19.9. The average molecular weight is 517 g/mol. The van der Waals surface area contributed by atoms with Gasteiger partial charge in [0.05, 0.1) is 6.67 Å². The molecule has 3 N–H and O–H groups in total. The number of alkyl halides is 3. The molecule has 11 heteroatoms. The molecular formula is C26H27F3N4O4. The first-order valence-electron chi connectivity index (χ1n) is 11.6. The zero-order chi connectivity index (χ0) is 26.9. The van der Waals surface area contributed by atoms with Gasteiger partial charge in [-0.15, -0.1) is 0 Å². The van der Waals surface area contributed by atoms with E-state index < -0.39 is 17.7 Å². The number of halogens is 3. The highest BCUT2D eigenvalue weighted by Crippen LogP contribution is 2.35. The van der Waals surface area contributed by atoms with Crippen molar-refractivity contribution in [3.8, 4) is 11.8 Å². The predicted octanol–water partition coefficient (Wildman–Crippen LogP) is 2.22. The van der Waals surface area contributed by atoms with Gasteiger partial charge in [0.15, 0.2) is 0 Å². The van der Waals surface area contributed by atoms with Crippen LogP contribution in [0.2, 0.25) is 0 Å². The van der Waals surface area contributed by atoms with E-state index in [1.807, 2.05) is 48.5 Å². The fourth-order valence-corrected chi connectivity index (χ4v) is 4.20. The number of hydrogen-bond acceptors (Lipinski definition) is 5. The van der Waals surface area contributed by atoms with Gasteiger partial charge in [0.25, 0.3) is 5.91 Å². The minimum Gasteiger partial charge on any atom is -0.475 e. The number of hydrogen-bond donors (Lipinski definition) is 3. The average Bonchev–Trinajstić information content (AvgIpc) is 3.20. The van der Waals surface area contributed by atoms with E-state index >= 15 is 0 Å². The number of piperidine rings is 1. The van der Waals surface area contributed by atoms with Crippen LogP contribution in [0.4, 0.5) is 18.9 Å². The van der Waals surface area contributed by atoms with E-state index in [9.17, 15) is 22.8 Å².